The predicted octanol–water partition coefficient (Wildman–Crippen LogP) is 3.34. The summed E-state index contributed by atoms with van der Waals surface area (Å²) in [5.74, 6) is 0.342. The molecule has 0 bridgehead atoms. The molecule has 0 amide bonds. The van der Waals surface area contributed by atoms with Gasteiger partial charge in [-0.05, 0) is 37.2 Å². The van der Waals surface area contributed by atoms with E-state index in [0.29, 0.717) is 12.4 Å². The number of anilines is 1. The fourth-order valence-electron chi connectivity index (χ4n) is 2.15. The topological polar surface area (TPSA) is 63.8 Å². The van der Waals surface area contributed by atoms with Gasteiger partial charge in [0.05, 0.1) is 17.6 Å². The van der Waals surface area contributed by atoms with Gasteiger partial charge in [-0.15, -0.1) is 0 Å². The molecule has 0 saturated heterocycles. The minimum atomic E-state index is -0.264. The fraction of sp³-hybridized carbons (Fsp3) is 0.412. The Morgan fingerprint density at radius 1 is 1.18 bits per heavy atom. The van der Waals surface area contributed by atoms with E-state index in [2.05, 4.69) is 31.1 Å². The SMILES string of the molecule is CC(C)(C)c1nc(-c2ccc(F)cc2)ncc1NCCCN. The molecule has 0 unspecified atom stereocenters. The van der Waals surface area contributed by atoms with E-state index >= 15 is 0 Å². The number of rotatable bonds is 5. The zero-order valence-corrected chi connectivity index (χ0v) is 13.4. The van der Waals surface area contributed by atoms with Gasteiger partial charge in [0.1, 0.15) is 5.82 Å². The minimum absolute atomic E-state index is 0.122. The summed E-state index contributed by atoms with van der Waals surface area (Å²) in [5.41, 5.74) is 8.08. The predicted molar refractivity (Wildman–Crippen MR) is 88.3 cm³/mol. The number of benzene rings is 1. The number of nitrogens with one attached hydrogen (secondary N) is 1. The zero-order chi connectivity index (χ0) is 16.2. The third kappa shape index (κ3) is 4.01. The molecule has 0 fully saturated rings. The molecule has 4 nitrogen and oxygen atoms in total. The molecule has 2 aromatic rings. The smallest absolute Gasteiger partial charge is 0.159 e. The van der Waals surface area contributed by atoms with Crippen LogP contribution in [0.2, 0.25) is 0 Å². The number of nitrogens with two attached hydrogens (primary N) is 1. The lowest BCUT2D eigenvalue weighted by Gasteiger charge is -2.22. The first-order chi connectivity index (χ1) is 10.4. The molecule has 0 aliphatic rings. The molecule has 118 valence electrons. The van der Waals surface area contributed by atoms with Gasteiger partial charge in [0, 0.05) is 17.5 Å². The van der Waals surface area contributed by atoms with E-state index in [4.69, 9.17) is 10.7 Å². The van der Waals surface area contributed by atoms with Gasteiger partial charge in [-0.1, -0.05) is 20.8 Å². The summed E-state index contributed by atoms with van der Waals surface area (Å²) < 4.78 is 13.0. The monoisotopic (exact) mass is 302 g/mol. The minimum Gasteiger partial charge on any atom is -0.382 e. The quantitative estimate of drug-likeness (QED) is 0.831. The molecule has 0 aliphatic heterocycles. The van der Waals surface area contributed by atoms with Gasteiger partial charge in [-0.2, -0.15) is 0 Å². The first-order valence-corrected chi connectivity index (χ1v) is 7.49. The molecule has 3 N–H and O–H groups in total. The second-order valence-electron chi connectivity index (χ2n) is 6.28. The number of hydrogen-bond donors (Lipinski definition) is 2. The number of nitrogens with zero attached hydrogens (tertiary/aromatic N) is 2. The Morgan fingerprint density at radius 2 is 1.86 bits per heavy atom. The average molecular weight is 302 g/mol. The Morgan fingerprint density at radius 3 is 2.45 bits per heavy atom. The highest BCUT2D eigenvalue weighted by atomic mass is 19.1. The van der Waals surface area contributed by atoms with Crippen molar-refractivity contribution < 1.29 is 4.39 Å². The van der Waals surface area contributed by atoms with Crippen LogP contribution in [0.3, 0.4) is 0 Å². The maximum Gasteiger partial charge on any atom is 0.159 e. The van der Waals surface area contributed by atoms with Crippen molar-refractivity contribution in [1.29, 1.82) is 0 Å². The van der Waals surface area contributed by atoms with E-state index in [1.54, 1.807) is 18.3 Å². The fourth-order valence-corrected chi connectivity index (χ4v) is 2.15. The summed E-state index contributed by atoms with van der Waals surface area (Å²) in [6.45, 7) is 7.76. The largest absolute Gasteiger partial charge is 0.382 e. The first-order valence-electron chi connectivity index (χ1n) is 7.49. The maximum absolute atomic E-state index is 13.0. The molecule has 0 aliphatic carbocycles. The van der Waals surface area contributed by atoms with Crippen molar-refractivity contribution in [3.63, 3.8) is 0 Å². The first kappa shape index (κ1) is 16.4. The lowest BCUT2D eigenvalue weighted by atomic mass is 9.90. The van der Waals surface area contributed by atoms with Gasteiger partial charge >= 0.3 is 0 Å². The number of hydrogen-bond acceptors (Lipinski definition) is 4. The number of aromatic nitrogens is 2. The van der Waals surface area contributed by atoms with Crippen LogP contribution in [0.25, 0.3) is 11.4 Å². The lowest BCUT2D eigenvalue weighted by molar-refractivity contribution is 0.569. The Bertz CT molecular complexity index is 618. The Hall–Kier alpha value is -2.01. The molecule has 0 radical (unpaired) electrons. The van der Waals surface area contributed by atoms with Crippen LogP contribution in [0.5, 0.6) is 0 Å². The molecular weight excluding hydrogens is 279 g/mol. The molecule has 1 aromatic heterocycles. The van der Waals surface area contributed by atoms with Crippen molar-refractivity contribution in [2.24, 2.45) is 5.73 Å². The molecule has 1 heterocycles. The highest BCUT2D eigenvalue weighted by Gasteiger charge is 2.21. The van der Waals surface area contributed by atoms with Crippen LogP contribution in [0.15, 0.2) is 30.5 Å². The van der Waals surface area contributed by atoms with E-state index in [0.717, 1.165) is 29.9 Å². The summed E-state index contributed by atoms with van der Waals surface area (Å²) in [5, 5.41) is 3.34. The summed E-state index contributed by atoms with van der Waals surface area (Å²) >= 11 is 0. The van der Waals surface area contributed by atoms with Crippen LogP contribution in [0.1, 0.15) is 32.9 Å². The van der Waals surface area contributed by atoms with Gasteiger partial charge in [-0.3, -0.25) is 0 Å². The third-order valence-electron chi connectivity index (χ3n) is 3.30. The molecule has 0 spiro atoms. The molecular formula is C17H23FN4. The van der Waals surface area contributed by atoms with Crippen molar-refractivity contribution in [2.75, 3.05) is 18.4 Å². The Balaban J connectivity index is 2.36. The van der Waals surface area contributed by atoms with Crippen LogP contribution in [0.4, 0.5) is 10.1 Å². The van der Waals surface area contributed by atoms with E-state index in [9.17, 15) is 4.39 Å². The van der Waals surface area contributed by atoms with Crippen molar-refractivity contribution in [3.05, 3.63) is 42.0 Å². The van der Waals surface area contributed by atoms with Crippen molar-refractivity contribution in [1.82, 2.24) is 9.97 Å². The zero-order valence-electron chi connectivity index (χ0n) is 13.4. The van der Waals surface area contributed by atoms with Crippen molar-refractivity contribution in [2.45, 2.75) is 32.6 Å². The standard InChI is InChI=1S/C17H23FN4/c1-17(2,3)15-14(20-10-4-9-19)11-21-16(22-15)12-5-7-13(18)8-6-12/h5-8,11,20H,4,9-10,19H2,1-3H3. The van der Waals surface area contributed by atoms with E-state index in [1.165, 1.54) is 12.1 Å². The van der Waals surface area contributed by atoms with E-state index < -0.39 is 0 Å². The highest BCUT2D eigenvalue weighted by Crippen LogP contribution is 2.29. The van der Waals surface area contributed by atoms with Gasteiger partial charge in [0.25, 0.3) is 0 Å². The molecule has 22 heavy (non-hydrogen) atoms. The number of halogens is 1. The molecule has 0 saturated carbocycles. The maximum atomic E-state index is 13.0. The van der Waals surface area contributed by atoms with Crippen LogP contribution in [-0.2, 0) is 5.41 Å². The van der Waals surface area contributed by atoms with E-state index in [1.807, 2.05) is 0 Å². The Labute approximate surface area is 131 Å². The summed E-state index contributed by atoms with van der Waals surface area (Å²) in [7, 11) is 0. The van der Waals surface area contributed by atoms with Crippen LogP contribution in [0, 0.1) is 5.82 Å². The second kappa shape index (κ2) is 6.83. The van der Waals surface area contributed by atoms with Gasteiger partial charge in [0.15, 0.2) is 5.82 Å². The van der Waals surface area contributed by atoms with E-state index in [-0.39, 0.29) is 11.2 Å². The van der Waals surface area contributed by atoms with Crippen LogP contribution >= 0.6 is 0 Å². The Kier molecular flexibility index (Phi) is 5.08. The van der Waals surface area contributed by atoms with Crippen molar-refractivity contribution in [3.8, 4) is 11.4 Å². The molecule has 1 aromatic carbocycles. The average Bonchev–Trinajstić information content (AvgIpc) is 2.47. The normalized spacial score (nSPS) is 11.5. The third-order valence-corrected chi connectivity index (χ3v) is 3.30. The highest BCUT2D eigenvalue weighted by molar-refractivity contribution is 5.59. The molecule has 2 rings (SSSR count). The van der Waals surface area contributed by atoms with Gasteiger partial charge < -0.3 is 11.1 Å². The van der Waals surface area contributed by atoms with Gasteiger partial charge in [0.2, 0.25) is 0 Å². The lowest BCUT2D eigenvalue weighted by Crippen LogP contribution is -2.19. The molecule has 0 atom stereocenters. The summed E-state index contributed by atoms with van der Waals surface area (Å²) in [6.07, 6.45) is 2.69. The summed E-state index contributed by atoms with van der Waals surface area (Å²) in [4.78, 5) is 9.10. The molecule has 5 heteroatoms. The second-order valence-corrected chi connectivity index (χ2v) is 6.28. The van der Waals surface area contributed by atoms with Crippen LogP contribution < -0.4 is 11.1 Å². The van der Waals surface area contributed by atoms with Crippen molar-refractivity contribution >= 4 is 5.69 Å². The van der Waals surface area contributed by atoms with Gasteiger partial charge in [-0.25, -0.2) is 14.4 Å². The van der Waals surface area contributed by atoms with Crippen LogP contribution in [-0.4, -0.2) is 23.1 Å². The summed E-state index contributed by atoms with van der Waals surface area (Å²) in [6, 6.07) is 6.23.